The Balaban J connectivity index is 2.15. The number of benzene rings is 2. The van der Waals surface area contributed by atoms with Crippen LogP contribution in [-0.2, 0) is 0 Å². The predicted molar refractivity (Wildman–Crippen MR) is 75.5 cm³/mol. The third kappa shape index (κ3) is 2.24. The van der Waals surface area contributed by atoms with Crippen molar-refractivity contribution < 1.29 is 9.31 Å². The van der Waals surface area contributed by atoms with Gasteiger partial charge in [0, 0.05) is 0 Å². The molecule has 20 heavy (non-hydrogen) atoms. The summed E-state index contributed by atoms with van der Waals surface area (Å²) in [7, 11) is 0. The van der Waals surface area contributed by atoms with Crippen molar-refractivity contribution in [1.82, 2.24) is 4.98 Å². The molecule has 3 aromatic rings. The Labute approximate surface area is 119 Å². The summed E-state index contributed by atoms with van der Waals surface area (Å²) in [5.41, 5.74) is 2.07. The molecule has 0 aliphatic carbocycles. The van der Waals surface area contributed by atoms with Gasteiger partial charge >= 0.3 is 119 Å². The molecule has 0 N–H and O–H groups in total. The molecule has 3 rings (SSSR count). The number of fused-ring (bicyclic) bond motifs is 1. The zero-order valence-electron chi connectivity index (χ0n) is 10.5. The van der Waals surface area contributed by atoms with Gasteiger partial charge in [0.05, 0.1) is 0 Å². The summed E-state index contributed by atoms with van der Waals surface area (Å²) in [5.74, 6) is -0.320. The minimum atomic E-state index is -0.395. The van der Waals surface area contributed by atoms with Gasteiger partial charge in [0.1, 0.15) is 0 Å². The molecule has 2 aromatic carbocycles. The summed E-state index contributed by atoms with van der Waals surface area (Å²) in [6.07, 6.45) is 0. The molecule has 1 heterocycles. The van der Waals surface area contributed by atoms with Gasteiger partial charge in [-0.05, 0) is 0 Å². The molecule has 0 saturated carbocycles. The van der Waals surface area contributed by atoms with E-state index in [0.29, 0.717) is 11.1 Å². The minimum absolute atomic E-state index is 0.0494. The number of halogens is 1. The molecule has 0 bridgehead atoms. The van der Waals surface area contributed by atoms with E-state index in [0.717, 1.165) is 14.4 Å². The van der Waals surface area contributed by atoms with Crippen molar-refractivity contribution in [3.8, 4) is 10.1 Å². The van der Waals surface area contributed by atoms with Crippen molar-refractivity contribution in [3.05, 3.63) is 57.9 Å². The summed E-state index contributed by atoms with van der Waals surface area (Å²) < 4.78 is 15.0. The second-order valence-corrected chi connectivity index (χ2v) is 6.55. The average molecular weight is 335 g/mol. The number of nitrogens with zero attached hydrogens (tertiary/aromatic N) is 2. The molecular formula is C14H9FN2O2Se. The molecule has 0 spiro atoms. The molecule has 6 heteroatoms. The normalized spacial score (nSPS) is 10.9. The Kier molecular flexibility index (Phi) is 3.12. The number of hydrogen-bond acceptors (Lipinski definition) is 3. The molecular weight excluding hydrogens is 326 g/mol. The number of nitro benzene ring substituents is 1. The fraction of sp³-hybridized carbons (Fsp3) is 0.0714. The van der Waals surface area contributed by atoms with Crippen LogP contribution in [0.15, 0.2) is 36.4 Å². The zero-order chi connectivity index (χ0) is 14.3. The molecule has 100 valence electrons. The van der Waals surface area contributed by atoms with E-state index in [1.54, 1.807) is 19.1 Å². The number of rotatable bonds is 2. The van der Waals surface area contributed by atoms with Crippen LogP contribution in [0.2, 0.25) is 0 Å². The Morgan fingerprint density at radius 3 is 2.80 bits per heavy atom. The predicted octanol–water partition coefficient (Wildman–Crippen LogP) is 3.31. The van der Waals surface area contributed by atoms with E-state index in [-0.39, 0.29) is 26.0 Å². The summed E-state index contributed by atoms with van der Waals surface area (Å²) in [5, 5.41) is 11.0. The van der Waals surface area contributed by atoms with Crippen LogP contribution in [-0.4, -0.2) is 24.4 Å². The first kappa shape index (κ1) is 13.0. The van der Waals surface area contributed by atoms with Crippen LogP contribution >= 0.6 is 0 Å². The van der Waals surface area contributed by atoms with Gasteiger partial charge in [-0.3, -0.25) is 0 Å². The Bertz CT molecular complexity index is 829. The summed E-state index contributed by atoms with van der Waals surface area (Å²) in [4.78, 5) is 15.0. The molecule has 0 saturated heterocycles. The van der Waals surface area contributed by atoms with E-state index in [9.17, 15) is 14.5 Å². The summed E-state index contributed by atoms with van der Waals surface area (Å²) in [6, 6.07) is 9.62. The van der Waals surface area contributed by atoms with Crippen molar-refractivity contribution in [2.75, 3.05) is 0 Å². The van der Waals surface area contributed by atoms with Gasteiger partial charge in [-0.1, -0.05) is 0 Å². The molecule has 0 amide bonds. The molecule has 1 aromatic heterocycles. The Morgan fingerprint density at radius 2 is 2.05 bits per heavy atom. The van der Waals surface area contributed by atoms with Gasteiger partial charge < -0.3 is 0 Å². The van der Waals surface area contributed by atoms with Gasteiger partial charge in [-0.15, -0.1) is 0 Å². The quantitative estimate of drug-likeness (QED) is 0.410. The molecule has 0 fully saturated rings. The first-order valence-electron chi connectivity index (χ1n) is 5.86. The van der Waals surface area contributed by atoms with Gasteiger partial charge in [0.25, 0.3) is 0 Å². The molecule has 0 aliphatic heterocycles. The first-order valence-corrected chi connectivity index (χ1v) is 7.57. The summed E-state index contributed by atoms with van der Waals surface area (Å²) in [6.45, 7) is 1.70. The Hall–Kier alpha value is -2.04. The van der Waals surface area contributed by atoms with Crippen LogP contribution in [0.5, 0.6) is 0 Å². The average Bonchev–Trinajstić information content (AvgIpc) is 2.81. The van der Waals surface area contributed by atoms with E-state index < -0.39 is 4.92 Å². The van der Waals surface area contributed by atoms with E-state index in [1.165, 1.54) is 18.2 Å². The Morgan fingerprint density at radius 1 is 1.25 bits per heavy atom. The zero-order valence-corrected chi connectivity index (χ0v) is 12.2. The maximum absolute atomic E-state index is 13.2. The van der Waals surface area contributed by atoms with Crippen molar-refractivity contribution >= 4 is 30.0 Å². The number of hydrogen-bond donors (Lipinski definition) is 0. The maximum atomic E-state index is 13.2. The van der Waals surface area contributed by atoms with Crippen LogP contribution in [0, 0.1) is 22.9 Å². The van der Waals surface area contributed by atoms with Crippen LogP contribution in [0.3, 0.4) is 0 Å². The first-order chi connectivity index (χ1) is 9.54. The van der Waals surface area contributed by atoms with E-state index in [2.05, 4.69) is 4.98 Å². The van der Waals surface area contributed by atoms with Crippen molar-refractivity contribution in [1.29, 1.82) is 0 Å². The molecule has 0 unspecified atom stereocenters. The molecule has 0 radical (unpaired) electrons. The standard InChI is InChI=1S/C14H9FN2O2Se/c1-8-2-3-9(6-12(8)17(18)19)14-16-11-7-10(15)4-5-13(11)20-14/h2-7H,1H3. The van der Waals surface area contributed by atoms with Crippen LogP contribution < -0.4 is 0 Å². The SMILES string of the molecule is Cc1ccc(-c2nc3cc(F)ccc3[se]2)cc1[N+](=O)[O-]. The molecule has 4 nitrogen and oxygen atoms in total. The number of aromatic nitrogens is 1. The van der Waals surface area contributed by atoms with Gasteiger partial charge in [-0.25, -0.2) is 0 Å². The fourth-order valence-corrected chi connectivity index (χ4v) is 3.94. The van der Waals surface area contributed by atoms with E-state index >= 15 is 0 Å². The van der Waals surface area contributed by atoms with Crippen molar-refractivity contribution in [2.45, 2.75) is 6.92 Å². The third-order valence-electron chi connectivity index (χ3n) is 3.00. The van der Waals surface area contributed by atoms with Gasteiger partial charge in [-0.2, -0.15) is 0 Å². The van der Waals surface area contributed by atoms with Crippen LogP contribution in [0.25, 0.3) is 19.9 Å². The van der Waals surface area contributed by atoms with Crippen LogP contribution in [0.4, 0.5) is 10.1 Å². The van der Waals surface area contributed by atoms with Crippen molar-refractivity contribution in [3.63, 3.8) is 0 Å². The monoisotopic (exact) mass is 336 g/mol. The second kappa shape index (κ2) is 4.81. The topological polar surface area (TPSA) is 56.0 Å². The fourth-order valence-electron chi connectivity index (χ4n) is 1.96. The van der Waals surface area contributed by atoms with E-state index in [1.807, 2.05) is 6.07 Å². The van der Waals surface area contributed by atoms with Crippen LogP contribution in [0.1, 0.15) is 5.56 Å². The van der Waals surface area contributed by atoms with Gasteiger partial charge in [0.2, 0.25) is 0 Å². The summed E-state index contributed by atoms with van der Waals surface area (Å²) >= 11 is -0.0494. The van der Waals surface area contributed by atoms with Gasteiger partial charge in [0.15, 0.2) is 0 Å². The number of aryl methyl sites for hydroxylation is 1. The molecule has 0 atom stereocenters. The second-order valence-electron chi connectivity index (χ2n) is 4.39. The van der Waals surface area contributed by atoms with Crippen molar-refractivity contribution in [2.24, 2.45) is 0 Å². The van der Waals surface area contributed by atoms with E-state index in [4.69, 9.17) is 0 Å². The third-order valence-corrected chi connectivity index (χ3v) is 5.28. The number of nitro groups is 1. The molecule has 0 aliphatic rings.